The average molecular weight is 565 g/mol. The van der Waals surface area contributed by atoms with Gasteiger partial charge in [0.1, 0.15) is 0 Å². The number of aryl methyl sites for hydroxylation is 1. The third-order valence-electron chi connectivity index (χ3n) is 4.87. The van der Waals surface area contributed by atoms with E-state index in [1.807, 2.05) is 25.1 Å². The lowest BCUT2D eigenvalue weighted by atomic mass is 10.1. The van der Waals surface area contributed by atoms with Crippen LogP contribution in [0.5, 0.6) is 11.5 Å². The number of hydrogen-bond donors (Lipinski definition) is 0. The summed E-state index contributed by atoms with van der Waals surface area (Å²) in [6, 6.07) is 10.6. The molecule has 1 aliphatic rings. The van der Waals surface area contributed by atoms with Crippen molar-refractivity contribution in [3.05, 3.63) is 51.1 Å². The Morgan fingerprint density at radius 1 is 1.12 bits per heavy atom. The Labute approximate surface area is 205 Å². The molecule has 9 nitrogen and oxygen atoms in total. The maximum atomic E-state index is 12.5. The fraction of sp³-hybridized carbons (Fsp3) is 0.304. The molecule has 174 valence electrons. The molecule has 3 rings (SSSR count). The normalized spacial score (nSPS) is 14.9. The molecule has 0 bridgehead atoms. The van der Waals surface area contributed by atoms with E-state index in [0.717, 1.165) is 14.8 Å². The van der Waals surface area contributed by atoms with Crippen LogP contribution in [0.1, 0.15) is 31.9 Å². The second kappa shape index (κ2) is 10.2. The molecular weight excluding hydrogens is 541 g/mol. The van der Waals surface area contributed by atoms with E-state index in [-0.39, 0.29) is 30.0 Å². The van der Waals surface area contributed by atoms with Gasteiger partial charge in [0.25, 0.3) is 0 Å². The molecule has 2 aromatic rings. The number of rotatable bonds is 6. The molecule has 1 atom stereocenters. The fourth-order valence-electron chi connectivity index (χ4n) is 3.39. The molecule has 0 N–H and O–H groups in total. The third kappa shape index (κ3) is 5.62. The molecule has 10 heteroatoms. The second-order valence-electron chi connectivity index (χ2n) is 7.36. The topological polar surface area (TPSA) is 97.7 Å². The number of carbonyl (C=O) groups excluding carboxylic acids is 3. The first kappa shape index (κ1) is 24.5. The number of methoxy groups -OCH3 is 1. The van der Waals surface area contributed by atoms with Gasteiger partial charge in [-0.3, -0.25) is 14.4 Å². The van der Waals surface area contributed by atoms with Gasteiger partial charge in [0.2, 0.25) is 23.9 Å². The van der Waals surface area contributed by atoms with Crippen molar-refractivity contribution in [2.45, 2.75) is 33.9 Å². The molecule has 2 amide bonds. The second-order valence-corrected chi connectivity index (χ2v) is 8.61. The van der Waals surface area contributed by atoms with Crippen molar-refractivity contribution in [3.8, 4) is 11.5 Å². The van der Waals surface area contributed by atoms with Crippen molar-refractivity contribution < 1.29 is 28.6 Å². The highest BCUT2D eigenvalue weighted by atomic mass is 127. The number of benzene rings is 2. The molecule has 33 heavy (non-hydrogen) atoms. The van der Waals surface area contributed by atoms with Gasteiger partial charge in [-0.25, -0.2) is 0 Å². The van der Waals surface area contributed by atoms with Gasteiger partial charge in [0, 0.05) is 35.6 Å². The first-order chi connectivity index (χ1) is 15.6. The van der Waals surface area contributed by atoms with Crippen molar-refractivity contribution in [1.82, 2.24) is 5.01 Å². The van der Waals surface area contributed by atoms with Crippen molar-refractivity contribution in [2.24, 2.45) is 5.10 Å². The minimum atomic E-state index is -0.820. The smallest absolute Gasteiger partial charge is 0.308 e. The SMILES string of the molecule is COc1cc(C2=NN(C(C)=O)[C@H](CN(C(C)=O)c3ccc(I)cc3C)O2)ccc1OC(C)=O. The van der Waals surface area contributed by atoms with Crippen molar-refractivity contribution in [2.75, 3.05) is 18.6 Å². The predicted molar refractivity (Wildman–Crippen MR) is 130 cm³/mol. The highest BCUT2D eigenvalue weighted by Crippen LogP contribution is 2.31. The maximum absolute atomic E-state index is 12.5. The Hall–Kier alpha value is -3.15. The fourth-order valence-corrected chi connectivity index (χ4v) is 4.04. The lowest BCUT2D eigenvalue weighted by Gasteiger charge is -2.28. The first-order valence-corrected chi connectivity index (χ1v) is 11.1. The lowest BCUT2D eigenvalue weighted by molar-refractivity contribution is -0.135. The number of ether oxygens (including phenoxy) is 3. The molecule has 0 saturated carbocycles. The van der Waals surface area contributed by atoms with Crippen molar-refractivity contribution >= 4 is 52.0 Å². The van der Waals surface area contributed by atoms with Crippen LogP contribution in [-0.2, 0) is 19.1 Å². The average Bonchev–Trinajstić information content (AvgIpc) is 3.16. The van der Waals surface area contributed by atoms with Gasteiger partial charge in [-0.2, -0.15) is 5.01 Å². The zero-order valence-corrected chi connectivity index (χ0v) is 21.1. The number of carbonyl (C=O) groups is 3. The zero-order valence-electron chi connectivity index (χ0n) is 18.9. The Balaban J connectivity index is 1.89. The van der Waals surface area contributed by atoms with Crippen LogP contribution in [0.4, 0.5) is 5.69 Å². The lowest BCUT2D eigenvalue weighted by Crippen LogP contribution is -2.44. The number of esters is 1. The molecule has 0 aromatic heterocycles. The van der Waals surface area contributed by atoms with E-state index in [9.17, 15) is 14.4 Å². The van der Waals surface area contributed by atoms with Gasteiger partial charge < -0.3 is 19.1 Å². The number of halogens is 1. The Morgan fingerprint density at radius 2 is 1.85 bits per heavy atom. The highest BCUT2D eigenvalue weighted by Gasteiger charge is 2.35. The summed E-state index contributed by atoms with van der Waals surface area (Å²) in [5.74, 6) is -0.246. The molecule has 0 unspecified atom stereocenters. The van der Waals surface area contributed by atoms with E-state index in [2.05, 4.69) is 27.7 Å². The van der Waals surface area contributed by atoms with Gasteiger partial charge in [-0.15, -0.1) is 5.10 Å². The van der Waals surface area contributed by atoms with Gasteiger partial charge >= 0.3 is 5.97 Å². The van der Waals surface area contributed by atoms with E-state index in [1.165, 1.54) is 32.9 Å². The van der Waals surface area contributed by atoms with Crippen LogP contribution in [0.25, 0.3) is 0 Å². The van der Waals surface area contributed by atoms with Crippen LogP contribution in [0.2, 0.25) is 0 Å². The monoisotopic (exact) mass is 565 g/mol. The Morgan fingerprint density at radius 3 is 2.42 bits per heavy atom. The minimum Gasteiger partial charge on any atom is -0.493 e. The molecule has 0 saturated heterocycles. The summed E-state index contributed by atoms with van der Waals surface area (Å²) < 4.78 is 17.5. The van der Waals surface area contributed by atoms with Crippen LogP contribution in [0, 0.1) is 10.5 Å². The van der Waals surface area contributed by atoms with E-state index in [1.54, 1.807) is 23.1 Å². The van der Waals surface area contributed by atoms with E-state index >= 15 is 0 Å². The molecule has 2 aromatic carbocycles. The van der Waals surface area contributed by atoms with Crippen LogP contribution in [0.3, 0.4) is 0 Å². The van der Waals surface area contributed by atoms with Gasteiger partial charge in [0.15, 0.2) is 11.5 Å². The summed E-state index contributed by atoms with van der Waals surface area (Å²) >= 11 is 2.21. The first-order valence-electron chi connectivity index (χ1n) is 10.1. The van der Waals surface area contributed by atoms with E-state index < -0.39 is 12.2 Å². The standard InChI is InChI=1S/C23H24IN3O6/c1-13-10-18(24)7-8-19(13)26(14(2)28)12-22-27(15(3)29)25-23(33-22)17-6-9-20(32-16(4)30)21(11-17)31-5/h6-11,22H,12H2,1-5H3/t22-/m0/s1. The molecule has 0 spiro atoms. The summed E-state index contributed by atoms with van der Waals surface area (Å²) in [5.41, 5.74) is 2.18. The maximum Gasteiger partial charge on any atom is 0.308 e. The van der Waals surface area contributed by atoms with Crippen molar-refractivity contribution in [1.29, 1.82) is 0 Å². The molecule has 1 aliphatic heterocycles. The molecule has 1 heterocycles. The third-order valence-corrected chi connectivity index (χ3v) is 5.55. The van der Waals surface area contributed by atoms with Crippen molar-refractivity contribution in [3.63, 3.8) is 0 Å². The zero-order chi connectivity index (χ0) is 24.3. The number of anilines is 1. The van der Waals surface area contributed by atoms with Crippen LogP contribution < -0.4 is 14.4 Å². The molecule has 0 radical (unpaired) electrons. The number of hydrogen-bond acceptors (Lipinski definition) is 7. The summed E-state index contributed by atoms with van der Waals surface area (Å²) in [7, 11) is 1.45. The largest absolute Gasteiger partial charge is 0.493 e. The summed E-state index contributed by atoms with van der Waals surface area (Å²) in [6.45, 7) is 6.14. The van der Waals surface area contributed by atoms with Gasteiger partial charge in [-0.05, 0) is 71.5 Å². The highest BCUT2D eigenvalue weighted by molar-refractivity contribution is 14.1. The van der Waals surface area contributed by atoms with Crippen LogP contribution >= 0.6 is 22.6 Å². The van der Waals surface area contributed by atoms with E-state index in [4.69, 9.17) is 14.2 Å². The minimum absolute atomic E-state index is 0.0893. The van der Waals surface area contributed by atoms with Gasteiger partial charge in [-0.1, -0.05) is 0 Å². The summed E-state index contributed by atoms with van der Waals surface area (Å²) in [5, 5.41) is 5.53. The van der Waals surface area contributed by atoms with E-state index in [0.29, 0.717) is 11.3 Å². The predicted octanol–water partition coefficient (Wildman–Crippen LogP) is 3.45. The Kier molecular flexibility index (Phi) is 7.57. The van der Waals surface area contributed by atoms with Gasteiger partial charge in [0.05, 0.1) is 13.7 Å². The summed E-state index contributed by atoms with van der Waals surface area (Å²) in [4.78, 5) is 37.6. The van der Waals surface area contributed by atoms with Crippen LogP contribution in [-0.4, -0.2) is 48.6 Å². The number of hydrazone groups is 1. The Bertz CT molecular complexity index is 1130. The molecule has 0 aliphatic carbocycles. The number of nitrogens with zero attached hydrogens (tertiary/aromatic N) is 3. The van der Waals surface area contributed by atoms with Crippen LogP contribution in [0.15, 0.2) is 41.5 Å². The molecular formula is C23H24IN3O6. The number of amides is 2. The summed E-state index contributed by atoms with van der Waals surface area (Å²) in [6.07, 6.45) is -0.820. The quantitative estimate of drug-likeness (QED) is 0.303. The molecule has 0 fully saturated rings.